The molecule has 186 valence electrons. The van der Waals surface area contributed by atoms with Crippen molar-refractivity contribution in [1.29, 1.82) is 0 Å². The average molecular weight is 510 g/mol. The molecule has 0 unspecified atom stereocenters. The average Bonchev–Trinajstić information content (AvgIpc) is 3.74. The van der Waals surface area contributed by atoms with Gasteiger partial charge in [0, 0.05) is 11.6 Å². The van der Waals surface area contributed by atoms with Gasteiger partial charge >= 0.3 is 0 Å². The Morgan fingerprint density at radius 2 is 1.76 bits per heavy atom. The van der Waals surface area contributed by atoms with Crippen molar-refractivity contribution in [3.05, 3.63) is 122 Å². The summed E-state index contributed by atoms with van der Waals surface area (Å²) in [5, 5.41) is 0.685. The molecule has 6 heteroatoms. The number of H-pyrrole nitrogens is 1. The summed E-state index contributed by atoms with van der Waals surface area (Å²) in [6.07, 6.45) is 3.63. The molecule has 1 aliphatic carbocycles. The van der Waals surface area contributed by atoms with E-state index in [1.54, 1.807) is 0 Å². The molecule has 1 amide bonds. The molecule has 37 heavy (non-hydrogen) atoms. The Morgan fingerprint density at radius 3 is 2.54 bits per heavy atom. The quantitative estimate of drug-likeness (QED) is 0.376. The summed E-state index contributed by atoms with van der Waals surface area (Å²) < 4.78 is 0. The van der Waals surface area contributed by atoms with E-state index >= 15 is 0 Å². The molecule has 1 N–H and O–H groups in total. The molecule has 4 aromatic rings. The van der Waals surface area contributed by atoms with Gasteiger partial charge in [-0.15, -0.1) is 0 Å². The number of carbonyl (C=O) groups excluding carboxylic acids is 1. The van der Waals surface area contributed by atoms with Crippen LogP contribution in [0.15, 0.2) is 83.7 Å². The van der Waals surface area contributed by atoms with Crippen LogP contribution >= 0.6 is 11.6 Å². The third-order valence-corrected chi connectivity index (χ3v) is 7.85. The fourth-order valence-electron chi connectivity index (χ4n) is 5.41. The molecule has 0 spiro atoms. The number of halogens is 1. The maximum Gasteiger partial charge on any atom is 0.256 e. The second kappa shape index (κ2) is 9.64. The van der Waals surface area contributed by atoms with Crippen molar-refractivity contribution >= 4 is 17.5 Å². The molecule has 2 aliphatic rings. The Labute approximate surface area is 221 Å². The Kier molecular flexibility index (Phi) is 6.17. The van der Waals surface area contributed by atoms with Crippen molar-refractivity contribution < 1.29 is 4.79 Å². The van der Waals surface area contributed by atoms with Crippen molar-refractivity contribution in [2.75, 3.05) is 6.54 Å². The standard InChI is InChI=1S/C31H28ClN3O2/c32-25-12-5-11-24(19-25)31(14-15-31)30-33-27-13-6-16-35(20-26(27)29(37)34-30)28(36)18-21-7-4-10-23(17-21)22-8-2-1-3-9-22/h1-5,7-12,17,19H,6,13-16,18,20H2,(H,33,34,37). The molecule has 0 saturated heterocycles. The van der Waals surface area contributed by atoms with Gasteiger partial charge in [-0.3, -0.25) is 9.59 Å². The molecule has 0 atom stereocenters. The Balaban J connectivity index is 1.23. The predicted molar refractivity (Wildman–Crippen MR) is 146 cm³/mol. The minimum Gasteiger partial charge on any atom is -0.338 e. The molecule has 1 aliphatic heterocycles. The molecule has 1 fully saturated rings. The summed E-state index contributed by atoms with van der Waals surface area (Å²) in [6.45, 7) is 0.904. The number of nitrogens with one attached hydrogen (secondary N) is 1. The highest BCUT2D eigenvalue weighted by Crippen LogP contribution is 2.52. The second-order valence-electron chi connectivity index (χ2n) is 10.1. The van der Waals surface area contributed by atoms with E-state index in [4.69, 9.17) is 16.6 Å². The Bertz CT molecular complexity index is 1530. The zero-order valence-corrected chi connectivity index (χ0v) is 21.3. The number of benzene rings is 3. The first-order valence-electron chi connectivity index (χ1n) is 12.8. The number of carbonyl (C=O) groups is 1. The highest BCUT2D eigenvalue weighted by Gasteiger charge is 2.48. The number of fused-ring (bicyclic) bond motifs is 1. The van der Waals surface area contributed by atoms with Crippen LogP contribution in [0.1, 0.15) is 47.5 Å². The zero-order valence-electron chi connectivity index (χ0n) is 20.5. The Morgan fingerprint density at radius 1 is 0.973 bits per heavy atom. The molecule has 5 nitrogen and oxygen atoms in total. The van der Waals surface area contributed by atoms with Gasteiger partial charge in [0.05, 0.1) is 29.6 Å². The van der Waals surface area contributed by atoms with Crippen molar-refractivity contribution in [3.8, 4) is 11.1 Å². The highest BCUT2D eigenvalue weighted by atomic mass is 35.5. The zero-order chi connectivity index (χ0) is 25.4. The molecule has 2 heterocycles. The number of hydrogen-bond acceptors (Lipinski definition) is 3. The van der Waals surface area contributed by atoms with Gasteiger partial charge in [0.1, 0.15) is 5.82 Å². The van der Waals surface area contributed by atoms with E-state index in [-0.39, 0.29) is 16.9 Å². The number of rotatable bonds is 5. The lowest BCUT2D eigenvalue weighted by Crippen LogP contribution is -2.34. The lowest BCUT2D eigenvalue weighted by molar-refractivity contribution is -0.131. The Hall–Kier alpha value is -3.70. The molecule has 1 aromatic heterocycles. The first kappa shape index (κ1) is 23.7. The van der Waals surface area contributed by atoms with Crippen molar-refractivity contribution in [1.82, 2.24) is 14.9 Å². The van der Waals surface area contributed by atoms with E-state index in [2.05, 4.69) is 35.3 Å². The number of aromatic amines is 1. The summed E-state index contributed by atoms with van der Waals surface area (Å²) in [6, 6.07) is 26.1. The minimum atomic E-state index is -0.273. The minimum absolute atomic E-state index is 0.0270. The number of aryl methyl sites for hydroxylation is 1. The van der Waals surface area contributed by atoms with E-state index in [9.17, 15) is 9.59 Å². The van der Waals surface area contributed by atoms with Crippen LogP contribution < -0.4 is 5.56 Å². The van der Waals surface area contributed by atoms with Gasteiger partial charge in [0.25, 0.3) is 5.56 Å². The second-order valence-corrected chi connectivity index (χ2v) is 10.5. The molecule has 0 bridgehead atoms. The fraction of sp³-hybridized carbons (Fsp3) is 0.258. The smallest absolute Gasteiger partial charge is 0.256 e. The van der Waals surface area contributed by atoms with Gasteiger partial charge < -0.3 is 9.88 Å². The topological polar surface area (TPSA) is 66.1 Å². The predicted octanol–water partition coefficient (Wildman–Crippen LogP) is 5.69. The van der Waals surface area contributed by atoms with Crippen LogP contribution in [0.3, 0.4) is 0 Å². The van der Waals surface area contributed by atoms with Gasteiger partial charge in [-0.05, 0) is 60.1 Å². The summed E-state index contributed by atoms with van der Waals surface area (Å²) >= 11 is 6.25. The van der Waals surface area contributed by atoms with E-state index in [0.29, 0.717) is 36.5 Å². The maximum absolute atomic E-state index is 13.3. The first-order valence-corrected chi connectivity index (χ1v) is 13.2. The summed E-state index contributed by atoms with van der Waals surface area (Å²) in [5.74, 6) is 0.746. The van der Waals surface area contributed by atoms with E-state index in [0.717, 1.165) is 53.0 Å². The van der Waals surface area contributed by atoms with Crippen LogP contribution in [0.4, 0.5) is 0 Å². The van der Waals surface area contributed by atoms with Gasteiger partial charge in [-0.25, -0.2) is 4.98 Å². The first-order chi connectivity index (χ1) is 18.0. The molecule has 3 aromatic carbocycles. The van der Waals surface area contributed by atoms with Crippen molar-refractivity contribution in [2.45, 2.75) is 44.1 Å². The van der Waals surface area contributed by atoms with Gasteiger partial charge in [0.2, 0.25) is 5.91 Å². The fourth-order valence-corrected chi connectivity index (χ4v) is 5.60. The van der Waals surface area contributed by atoms with E-state index in [1.807, 2.05) is 53.4 Å². The normalized spacial score (nSPS) is 16.1. The van der Waals surface area contributed by atoms with Crippen LogP contribution in [-0.2, 0) is 29.6 Å². The lowest BCUT2D eigenvalue weighted by atomic mass is 9.94. The largest absolute Gasteiger partial charge is 0.338 e. The number of hydrogen-bond donors (Lipinski definition) is 1. The van der Waals surface area contributed by atoms with Crippen LogP contribution in [-0.4, -0.2) is 27.3 Å². The third kappa shape index (κ3) is 4.72. The maximum atomic E-state index is 13.3. The van der Waals surface area contributed by atoms with Crippen LogP contribution in [0.5, 0.6) is 0 Å². The van der Waals surface area contributed by atoms with Gasteiger partial charge in [-0.2, -0.15) is 0 Å². The van der Waals surface area contributed by atoms with Gasteiger partial charge in [-0.1, -0.05) is 78.3 Å². The SMILES string of the molecule is O=C(Cc1cccc(-c2ccccc2)c1)N1CCCc2nc(C3(c4cccc(Cl)c4)CC3)[nH]c(=O)c2C1. The summed E-state index contributed by atoms with van der Waals surface area (Å²) in [5.41, 5.74) is 5.28. The molecule has 0 radical (unpaired) electrons. The third-order valence-electron chi connectivity index (χ3n) is 7.61. The number of amides is 1. The molecular formula is C31H28ClN3O2. The van der Waals surface area contributed by atoms with Crippen LogP contribution in [0, 0.1) is 0 Å². The van der Waals surface area contributed by atoms with Crippen LogP contribution in [0.25, 0.3) is 11.1 Å². The van der Waals surface area contributed by atoms with Gasteiger partial charge in [0.15, 0.2) is 0 Å². The number of aromatic nitrogens is 2. The molecular weight excluding hydrogens is 482 g/mol. The monoisotopic (exact) mass is 509 g/mol. The van der Waals surface area contributed by atoms with Crippen LogP contribution in [0.2, 0.25) is 5.02 Å². The summed E-state index contributed by atoms with van der Waals surface area (Å²) in [7, 11) is 0. The van der Waals surface area contributed by atoms with Crippen molar-refractivity contribution in [3.63, 3.8) is 0 Å². The van der Waals surface area contributed by atoms with Crippen molar-refractivity contribution in [2.24, 2.45) is 0 Å². The number of nitrogens with zero attached hydrogens (tertiary/aromatic N) is 2. The van der Waals surface area contributed by atoms with E-state index in [1.165, 1.54) is 0 Å². The molecule has 1 saturated carbocycles. The highest BCUT2D eigenvalue weighted by molar-refractivity contribution is 6.30. The van der Waals surface area contributed by atoms with E-state index < -0.39 is 0 Å². The molecule has 6 rings (SSSR count). The summed E-state index contributed by atoms with van der Waals surface area (Å²) in [4.78, 5) is 36.4. The lowest BCUT2D eigenvalue weighted by Gasteiger charge is -2.21.